The second kappa shape index (κ2) is 7.80. The number of phenols is 1. The van der Waals surface area contributed by atoms with Crippen molar-refractivity contribution in [3.8, 4) is 5.75 Å². The van der Waals surface area contributed by atoms with Crippen molar-refractivity contribution in [3.05, 3.63) is 64.9 Å². The zero-order valence-electron chi connectivity index (χ0n) is 15.6. The highest BCUT2D eigenvalue weighted by molar-refractivity contribution is 6.05. The fourth-order valence-electron chi connectivity index (χ4n) is 3.21. The number of nitrogens with one attached hydrogen (secondary N) is 1. The van der Waals surface area contributed by atoms with Crippen LogP contribution in [-0.4, -0.2) is 28.0 Å². The Morgan fingerprint density at radius 2 is 1.93 bits per heavy atom. The van der Waals surface area contributed by atoms with E-state index in [1.807, 2.05) is 6.92 Å². The van der Waals surface area contributed by atoms with E-state index in [4.69, 9.17) is 0 Å². The molecule has 0 fully saturated rings. The van der Waals surface area contributed by atoms with Crippen LogP contribution in [0.3, 0.4) is 0 Å². The van der Waals surface area contributed by atoms with Gasteiger partial charge in [-0.15, -0.1) is 0 Å². The zero-order valence-corrected chi connectivity index (χ0v) is 15.6. The monoisotopic (exact) mass is 386 g/mol. The molecule has 0 saturated heterocycles. The van der Waals surface area contributed by atoms with E-state index in [2.05, 4.69) is 5.32 Å². The lowest BCUT2D eigenvalue weighted by Crippen LogP contribution is -2.26. The van der Waals surface area contributed by atoms with E-state index in [1.165, 1.54) is 28.8 Å². The van der Waals surface area contributed by atoms with Gasteiger partial charge >= 0.3 is 0 Å². The lowest BCUT2D eigenvalue weighted by atomic mass is 10.1. The number of phenolic OH excluding ortho intramolecular Hbond substituents is 1. The van der Waals surface area contributed by atoms with Crippen molar-refractivity contribution in [1.82, 2.24) is 9.88 Å². The molecule has 0 atom stereocenters. The number of carbonyl (C=O) groups excluding carboxylic acids is 2. The first-order valence-corrected chi connectivity index (χ1v) is 8.92. The highest BCUT2D eigenvalue weighted by atomic mass is 19.1. The molecule has 1 amide bonds. The standard InChI is InChI=1S/C21H20F2N2O3/c1-3-7-24-20(27)10-15-12(2)25(18-11-17(23)19(26)9-16(15)18)21(28)13-5-4-6-14(22)8-13/h4-6,8-9,11,26H,3,7,10H2,1-2H3,(H,24,27). The third-order valence-electron chi connectivity index (χ3n) is 4.59. The molecule has 0 bridgehead atoms. The van der Waals surface area contributed by atoms with Crippen molar-refractivity contribution >= 4 is 22.7 Å². The first kappa shape index (κ1) is 19.5. The molecule has 7 heteroatoms. The van der Waals surface area contributed by atoms with E-state index in [0.717, 1.165) is 18.6 Å². The molecule has 3 aromatic rings. The van der Waals surface area contributed by atoms with Crippen LogP contribution in [-0.2, 0) is 11.2 Å². The van der Waals surface area contributed by atoms with Gasteiger partial charge in [-0.25, -0.2) is 8.78 Å². The second-order valence-electron chi connectivity index (χ2n) is 6.56. The number of carbonyl (C=O) groups is 2. The fourth-order valence-corrected chi connectivity index (χ4v) is 3.21. The van der Waals surface area contributed by atoms with E-state index in [9.17, 15) is 23.5 Å². The van der Waals surface area contributed by atoms with Crippen LogP contribution < -0.4 is 5.32 Å². The molecule has 5 nitrogen and oxygen atoms in total. The Morgan fingerprint density at radius 1 is 1.18 bits per heavy atom. The summed E-state index contributed by atoms with van der Waals surface area (Å²) in [6, 6.07) is 7.44. The molecular formula is C21H20F2N2O3. The number of aromatic nitrogens is 1. The van der Waals surface area contributed by atoms with Crippen LogP contribution in [0.25, 0.3) is 10.9 Å². The Bertz CT molecular complexity index is 1070. The van der Waals surface area contributed by atoms with Crippen molar-refractivity contribution in [2.24, 2.45) is 0 Å². The second-order valence-corrected chi connectivity index (χ2v) is 6.56. The highest BCUT2D eigenvalue weighted by Gasteiger charge is 2.23. The largest absolute Gasteiger partial charge is 0.505 e. The average molecular weight is 386 g/mol. The van der Waals surface area contributed by atoms with E-state index >= 15 is 0 Å². The van der Waals surface area contributed by atoms with Crippen molar-refractivity contribution in [2.45, 2.75) is 26.7 Å². The minimum atomic E-state index is -0.889. The van der Waals surface area contributed by atoms with Gasteiger partial charge in [-0.3, -0.25) is 14.2 Å². The van der Waals surface area contributed by atoms with Crippen molar-refractivity contribution < 1.29 is 23.5 Å². The molecule has 2 aromatic carbocycles. The SMILES string of the molecule is CCCNC(=O)Cc1c(C)n(C(=O)c2cccc(F)c2)c2cc(F)c(O)cc12. The molecule has 1 aromatic heterocycles. The highest BCUT2D eigenvalue weighted by Crippen LogP contribution is 2.32. The van der Waals surface area contributed by atoms with Gasteiger partial charge in [0.25, 0.3) is 5.91 Å². The number of hydrogen-bond acceptors (Lipinski definition) is 3. The van der Waals surface area contributed by atoms with Crippen molar-refractivity contribution in [1.29, 1.82) is 0 Å². The molecule has 0 spiro atoms. The predicted molar refractivity (Wildman–Crippen MR) is 101 cm³/mol. The van der Waals surface area contributed by atoms with Crippen LogP contribution >= 0.6 is 0 Å². The Labute approximate surface area is 160 Å². The summed E-state index contributed by atoms with van der Waals surface area (Å²) >= 11 is 0. The molecule has 2 N–H and O–H groups in total. The van der Waals surface area contributed by atoms with Gasteiger partial charge in [-0.05, 0) is 43.2 Å². The number of amides is 1. The van der Waals surface area contributed by atoms with Gasteiger partial charge in [0.05, 0.1) is 11.9 Å². The quantitative estimate of drug-likeness (QED) is 0.703. The summed E-state index contributed by atoms with van der Waals surface area (Å²) in [5.74, 6) is -2.82. The van der Waals surface area contributed by atoms with Crippen LogP contribution in [0.15, 0.2) is 36.4 Å². The van der Waals surface area contributed by atoms with Gasteiger partial charge in [0.15, 0.2) is 11.6 Å². The van der Waals surface area contributed by atoms with Crippen molar-refractivity contribution in [3.63, 3.8) is 0 Å². The lowest BCUT2D eigenvalue weighted by molar-refractivity contribution is -0.120. The summed E-state index contributed by atoms with van der Waals surface area (Å²) in [5, 5.41) is 12.9. The van der Waals surface area contributed by atoms with Gasteiger partial charge in [0.2, 0.25) is 5.91 Å². The molecule has 0 aliphatic heterocycles. The Kier molecular flexibility index (Phi) is 5.44. The summed E-state index contributed by atoms with van der Waals surface area (Å²) in [6.07, 6.45) is 0.743. The molecule has 0 radical (unpaired) electrons. The topological polar surface area (TPSA) is 71.3 Å². The fraction of sp³-hybridized carbons (Fsp3) is 0.238. The maximum absolute atomic E-state index is 14.0. The summed E-state index contributed by atoms with van der Waals surface area (Å²) < 4.78 is 28.8. The number of benzene rings is 2. The summed E-state index contributed by atoms with van der Waals surface area (Å²) in [7, 11) is 0. The molecule has 3 rings (SSSR count). The van der Waals surface area contributed by atoms with E-state index < -0.39 is 23.3 Å². The Hall–Kier alpha value is -3.22. The first-order chi connectivity index (χ1) is 13.3. The van der Waals surface area contributed by atoms with Crippen LogP contribution in [0.2, 0.25) is 0 Å². The molecular weight excluding hydrogens is 366 g/mol. The summed E-state index contributed by atoms with van der Waals surface area (Å²) in [4.78, 5) is 25.2. The van der Waals surface area contributed by atoms with Gasteiger partial charge in [0.1, 0.15) is 5.82 Å². The molecule has 0 aliphatic carbocycles. The van der Waals surface area contributed by atoms with E-state index in [1.54, 1.807) is 6.92 Å². The zero-order chi connectivity index (χ0) is 20.4. The maximum atomic E-state index is 14.0. The van der Waals surface area contributed by atoms with Gasteiger partial charge in [-0.2, -0.15) is 0 Å². The van der Waals surface area contributed by atoms with Gasteiger partial charge in [-0.1, -0.05) is 13.0 Å². The van der Waals surface area contributed by atoms with Crippen LogP contribution in [0, 0.1) is 18.6 Å². The van der Waals surface area contributed by atoms with E-state index in [0.29, 0.717) is 23.2 Å². The van der Waals surface area contributed by atoms with Crippen molar-refractivity contribution in [2.75, 3.05) is 6.54 Å². The molecule has 1 heterocycles. The van der Waals surface area contributed by atoms with Crippen LogP contribution in [0.4, 0.5) is 8.78 Å². The lowest BCUT2D eigenvalue weighted by Gasteiger charge is -2.08. The minimum absolute atomic E-state index is 0.0309. The normalized spacial score (nSPS) is 11.0. The average Bonchev–Trinajstić information content (AvgIpc) is 2.91. The Balaban J connectivity index is 2.17. The summed E-state index contributed by atoms with van der Waals surface area (Å²) in [5.41, 5.74) is 1.24. The smallest absolute Gasteiger partial charge is 0.262 e. The minimum Gasteiger partial charge on any atom is -0.505 e. The van der Waals surface area contributed by atoms with Crippen LogP contribution in [0.5, 0.6) is 5.75 Å². The number of rotatable bonds is 5. The maximum Gasteiger partial charge on any atom is 0.262 e. The number of hydrogen-bond donors (Lipinski definition) is 2. The molecule has 0 unspecified atom stereocenters. The third kappa shape index (κ3) is 3.60. The number of nitrogens with zero attached hydrogens (tertiary/aromatic N) is 1. The number of fused-ring (bicyclic) bond motifs is 1. The molecule has 0 aliphatic rings. The molecule has 0 saturated carbocycles. The number of aromatic hydroxyl groups is 1. The summed E-state index contributed by atoms with van der Waals surface area (Å²) in [6.45, 7) is 4.07. The van der Waals surface area contributed by atoms with Gasteiger partial charge in [0, 0.05) is 29.3 Å². The predicted octanol–water partition coefficient (Wildman–Crippen LogP) is 3.69. The van der Waals surface area contributed by atoms with Crippen LogP contribution in [0.1, 0.15) is 35.0 Å². The molecule has 28 heavy (non-hydrogen) atoms. The third-order valence-corrected chi connectivity index (χ3v) is 4.59. The van der Waals surface area contributed by atoms with Gasteiger partial charge < -0.3 is 10.4 Å². The number of halogens is 2. The molecule has 146 valence electrons. The first-order valence-electron chi connectivity index (χ1n) is 8.92. The van der Waals surface area contributed by atoms with E-state index in [-0.39, 0.29) is 23.4 Å². The Morgan fingerprint density at radius 3 is 2.61 bits per heavy atom.